The van der Waals surface area contributed by atoms with Crippen LogP contribution in [0.15, 0.2) is 48.5 Å². The van der Waals surface area contributed by atoms with Crippen LogP contribution in [0.5, 0.6) is 0 Å². The second-order valence-electron chi connectivity index (χ2n) is 8.19. The van der Waals surface area contributed by atoms with E-state index in [0.29, 0.717) is 30.5 Å². The SMILES string of the molecule is Cc1ccc2c(c1)C(=O)N(CCCC(=O)N1CCN(C)C[C@@H]1c1ccccc1)C2=O. The molecule has 1 atom stereocenters. The van der Waals surface area contributed by atoms with E-state index in [1.54, 1.807) is 12.1 Å². The van der Waals surface area contributed by atoms with Gasteiger partial charge in [-0.25, -0.2) is 0 Å². The van der Waals surface area contributed by atoms with Gasteiger partial charge in [-0.05, 0) is 38.1 Å². The monoisotopic (exact) mass is 405 g/mol. The molecular formula is C24H27N3O3. The molecule has 0 unspecified atom stereocenters. The van der Waals surface area contributed by atoms with Gasteiger partial charge >= 0.3 is 0 Å². The van der Waals surface area contributed by atoms with Crippen molar-refractivity contribution in [1.82, 2.24) is 14.7 Å². The molecule has 6 nitrogen and oxygen atoms in total. The fourth-order valence-electron chi connectivity index (χ4n) is 4.32. The molecule has 0 aromatic heterocycles. The van der Waals surface area contributed by atoms with E-state index in [1.165, 1.54) is 4.90 Å². The van der Waals surface area contributed by atoms with Crippen molar-refractivity contribution < 1.29 is 14.4 Å². The molecule has 0 radical (unpaired) electrons. The Kier molecular flexibility index (Phi) is 5.68. The number of hydrogen-bond donors (Lipinski definition) is 0. The fraction of sp³-hybridized carbons (Fsp3) is 0.375. The molecule has 4 rings (SSSR count). The van der Waals surface area contributed by atoms with Gasteiger partial charge in [0.05, 0.1) is 17.2 Å². The standard InChI is InChI=1S/C24H27N3O3/c1-17-10-11-19-20(15-17)24(30)27(23(19)29)12-6-9-22(28)26-14-13-25(2)16-21(26)18-7-4-3-5-8-18/h3-5,7-8,10-11,15,21H,6,9,12-14,16H2,1-2H3/t21-/m1/s1. The van der Waals surface area contributed by atoms with Gasteiger partial charge in [0.2, 0.25) is 5.91 Å². The third kappa shape index (κ3) is 3.87. The Morgan fingerprint density at radius 1 is 1.00 bits per heavy atom. The number of imide groups is 1. The van der Waals surface area contributed by atoms with Gasteiger partial charge in [-0.1, -0.05) is 42.0 Å². The molecule has 6 heteroatoms. The second-order valence-corrected chi connectivity index (χ2v) is 8.19. The summed E-state index contributed by atoms with van der Waals surface area (Å²) in [5.74, 6) is -0.443. The van der Waals surface area contributed by atoms with Crippen LogP contribution in [0.4, 0.5) is 0 Å². The van der Waals surface area contributed by atoms with Crippen molar-refractivity contribution in [3.63, 3.8) is 0 Å². The molecule has 2 aliphatic heterocycles. The van der Waals surface area contributed by atoms with Crippen LogP contribution in [-0.4, -0.2) is 65.6 Å². The summed E-state index contributed by atoms with van der Waals surface area (Å²) in [6, 6.07) is 15.4. The molecule has 2 heterocycles. The molecule has 2 aliphatic rings. The Bertz CT molecular complexity index is 973. The van der Waals surface area contributed by atoms with E-state index in [-0.39, 0.29) is 30.3 Å². The average molecular weight is 405 g/mol. The van der Waals surface area contributed by atoms with Gasteiger partial charge in [0.1, 0.15) is 0 Å². The molecule has 1 fully saturated rings. The van der Waals surface area contributed by atoms with Gasteiger partial charge in [0.25, 0.3) is 11.8 Å². The molecule has 0 spiro atoms. The molecule has 2 aromatic carbocycles. The first-order valence-electron chi connectivity index (χ1n) is 10.5. The first-order valence-corrected chi connectivity index (χ1v) is 10.5. The third-order valence-corrected chi connectivity index (χ3v) is 5.99. The van der Waals surface area contributed by atoms with E-state index in [2.05, 4.69) is 24.1 Å². The lowest BCUT2D eigenvalue weighted by Gasteiger charge is -2.40. The van der Waals surface area contributed by atoms with Crippen molar-refractivity contribution in [1.29, 1.82) is 0 Å². The highest BCUT2D eigenvalue weighted by Crippen LogP contribution is 2.27. The summed E-state index contributed by atoms with van der Waals surface area (Å²) >= 11 is 0. The third-order valence-electron chi connectivity index (χ3n) is 5.99. The lowest BCUT2D eigenvalue weighted by molar-refractivity contribution is -0.136. The van der Waals surface area contributed by atoms with Crippen LogP contribution in [0.25, 0.3) is 0 Å². The smallest absolute Gasteiger partial charge is 0.261 e. The van der Waals surface area contributed by atoms with Gasteiger partial charge in [-0.3, -0.25) is 19.3 Å². The maximum absolute atomic E-state index is 13.0. The number of carbonyl (C=O) groups excluding carboxylic acids is 3. The van der Waals surface area contributed by atoms with Crippen LogP contribution < -0.4 is 0 Å². The van der Waals surface area contributed by atoms with Crippen LogP contribution in [-0.2, 0) is 4.79 Å². The summed E-state index contributed by atoms with van der Waals surface area (Å²) in [5.41, 5.74) is 3.01. The fourth-order valence-corrected chi connectivity index (χ4v) is 4.32. The highest BCUT2D eigenvalue weighted by atomic mass is 16.2. The number of nitrogens with zero attached hydrogens (tertiary/aromatic N) is 3. The van der Waals surface area contributed by atoms with Crippen LogP contribution in [0.1, 0.15) is 50.7 Å². The predicted molar refractivity (Wildman–Crippen MR) is 114 cm³/mol. The average Bonchev–Trinajstić information content (AvgIpc) is 2.98. The topological polar surface area (TPSA) is 60.9 Å². The maximum Gasteiger partial charge on any atom is 0.261 e. The minimum atomic E-state index is -0.260. The largest absolute Gasteiger partial charge is 0.333 e. The lowest BCUT2D eigenvalue weighted by Crippen LogP contribution is -2.49. The zero-order valence-electron chi connectivity index (χ0n) is 17.5. The van der Waals surface area contributed by atoms with Gasteiger partial charge in [0, 0.05) is 32.6 Å². The van der Waals surface area contributed by atoms with Crippen LogP contribution in [0, 0.1) is 6.92 Å². The highest BCUT2D eigenvalue weighted by Gasteiger charge is 2.35. The van der Waals surface area contributed by atoms with E-state index in [1.807, 2.05) is 36.1 Å². The van der Waals surface area contributed by atoms with Crippen molar-refractivity contribution >= 4 is 17.7 Å². The number of piperazine rings is 1. The summed E-state index contributed by atoms with van der Waals surface area (Å²) in [4.78, 5) is 43.7. The summed E-state index contributed by atoms with van der Waals surface area (Å²) in [5, 5.41) is 0. The maximum atomic E-state index is 13.0. The number of fused-ring (bicyclic) bond motifs is 1. The number of carbonyl (C=O) groups is 3. The van der Waals surface area contributed by atoms with E-state index < -0.39 is 0 Å². The molecule has 0 saturated carbocycles. The van der Waals surface area contributed by atoms with E-state index in [9.17, 15) is 14.4 Å². The quantitative estimate of drug-likeness (QED) is 0.718. The lowest BCUT2D eigenvalue weighted by atomic mass is 10.0. The van der Waals surface area contributed by atoms with E-state index in [4.69, 9.17) is 0 Å². The first kappa shape index (κ1) is 20.3. The number of amides is 3. The molecule has 0 bridgehead atoms. The van der Waals surface area contributed by atoms with Crippen molar-refractivity contribution in [2.45, 2.75) is 25.8 Å². The summed E-state index contributed by atoms with van der Waals surface area (Å²) in [6.07, 6.45) is 0.788. The van der Waals surface area contributed by atoms with Crippen LogP contribution in [0.2, 0.25) is 0 Å². The van der Waals surface area contributed by atoms with Crippen molar-refractivity contribution in [3.05, 3.63) is 70.8 Å². The number of likely N-dealkylation sites (N-methyl/N-ethyl adjacent to an activating group) is 1. The number of aryl methyl sites for hydroxylation is 1. The minimum absolute atomic E-state index is 0.0275. The predicted octanol–water partition coefficient (Wildman–Crippen LogP) is 2.89. The highest BCUT2D eigenvalue weighted by molar-refractivity contribution is 6.21. The normalized spacial score (nSPS) is 19.3. The van der Waals surface area contributed by atoms with Gasteiger partial charge in [-0.15, -0.1) is 0 Å². The zero-order chi connectivity index (χ0) is 21.3. The van der Waals surface area contributed by atoms with Crippen molar-refractivity contribution in [2.75, 3.05) is 33.2 Å². The van der Waals surface area contributed by atoms with E-state index >= 15 is 0 Å². The Hall–Kier alpha value is -2.99. The molecule has 2 aromatic rings. The molecule has 3 amide bonds. The van der Waals surface area contributed by atoms with Crippen LogP contribution >= 0.6 is 0 Å². The Labute approximate surface area is 177 Å². The minimum Gasteiger partial charge on any atom is -0.333 e. The number of rotatable bonds is 5. The number of benzene rings is 2. The summed E-state index contributed by atoms with van der Waals surface area (Å²) in [6.45, 7) is 4.49. The Morgan fingerprint density at radius 2 is 1.73 bits per heavy atom. The first-order chi connectivity index (χ1) is 14.5. The second kappa shape index (κ2) is 8.40. The molecule has 156 valence electrons. The van der Waals surface area contributed by atoms with Gasteiger partial charge in [0.15, 0.2) is 0 Å². The molecule has 0 N–H and O–H groups in total. The van der Waals surface area contributed by atoms with Crippen molar-refractivity contribution in [2.24, 2.45) is 0 Å². The Morgan fingerprint density at radius 3 is 2.50 bits per heavy atom. The summed E-state index contributed by atoms with van der Waals surface area (Å²) < 4.78 is 0. The van der Waals surface area contributed by atoms with E-state index in [0.717, 1.165) is 24.2 Å². The molecule has 1 saturated heterocycles. The Balaban J connectivity index is 1.39. The zero-order valence-corrected chi connectivity index (χ0v) is 17.5. The molecule has 0 aliphatic carbocycles. The summed E-state index contributed by atoms with van der Waals surface area (Å²) in [7, 11) is 2.07. The van der Waals surface area contributed by atoms with Crippen molar-refractivity contribution in [3.8, 4) is 0 Å². The van der Waals surface area contributed by atoms with Gasteiger partial charge < -0.3 is 9.80 Å². The number of hydrogen-bond acceptors (Lipinski definition) is 4. The molecule has 30 heavy (non-hydrogen) atoms. The van der Waals surface area contributed by atoms with Crippen LogP contribution in [0.3, 0.4) is 0 Å². The molecular weight excluding hydrogens is 378 g/mol. The van der Waals surface area contributed by atoms with Gasteiger partial charge in [-0.2, -0.15) is 0 Å².